The van der Waals surface area contributed by atoms with Crippen LogP contribution in [0.25, 0.3) is 0 Å². The van der Waals surface area contributed by atoms with Gasteiger partial charge in [0.1, 0.15) is 0 Å². The summed E-state index contributed by atoms with van der Waals surface area (Å²) in [4.78, 5) is 28.4. The summed E-state index contributed by atoms with van der Waals surface area (Å²) in [6.45, 7) is 5.22. The topological polar surface area (TPSA) is 114 Å². The second kappa shape index (κ2) is 10.7. The molecule has 8 nitrogen and oxygen atoms in total. The number of nitrogens with one attached hydrogen (secondary N) is 2. The van der Waals surface area contributed by atoms with E-state index in [1.165, 1.54) is 36.5 Å². The Morgan fingerprint density at radius 2 is 1.86 bits per heavy atom. The molecule has 0 radical (unpaired) electrons. The van der Waals surface area contributed by atoms with Crippen molar-refractivity contribution in [2.75, 3.05) is 13.2 Å². The molecule has 0 aliphatic rings. The van der Waals surface area contributed by atoms with Gasteiger partial charge in [-0.3, -0.25) is 14.6 Å². The fraction of sp³-hybridized carbons (Fsp3) is 0.350. The first-order chi connectivity index (χ1) is 13.9. The molecule has 0 spiro atoms. The number of unbranched alkanes of at least 4 members (excludes halogenated alkanes) is 1. The number of aromatic nitrogens is 1. The SMILES string of the molecule is CCCCNC(=O)c1cccc(S(=O)(=O)NC(=O)c2ccc(COCC)nc2)c1. The van der Waals surface area contributed by atoms with E-state index in [9.17, 15) is 18.0 Å². The highest BCUT2D eigenvalue weighted by Gasteiger charge is 2.20. The Balaban J connectivity index is 2.09. The van der Waals surface area contributed by atoms with Gasteiger partial charge in [0, 0.05) is 24.9 Å². The molecule has 2 aromatic rings. The van der Waals surface area contributed by atoms with Crippen molar-refractivity contribution < 1.29 is 22.7 Å². The molecule has 0 atom stereocenters. The number of pyridine rings is 1. The van der Waals surface area contributed by atoms with Crippen molar-refractivity contribution >= 4 is 21.8 Å². The zero-order valence-corrected chi connectivity index (χ0v) is 17.3. The first-order valence-electron chi connectivity index (χ1n) is 9.35. The molecule has 2 rings (SSSR count). The third-order valence-electron chi connectivity index (χ3n) is 3.99. The summed E-state index contributed by atoms with van der Waals surface area (Å²) < 4.78 is 32.3. The lowest BCUT2D eigenvalue weighted by Gasteiger charge is -2.09. The zero-order valence-electron chi connectivity index (χ0n) is 16.5. The Kier molecular flexibility index (Phi) is 8.29. The standard InChI is InChI=1S/C20H25N3O5S/c1-3-5-11-21-19(24)15-7-6-8-18(12-15)29(26,27)23-20(25)16-9-10-17(22-13-16)14-28-4-2/h6-10,12-13H,3-5,11,14H2,1-2H3,(H,21,24)(H,23,25). The van der Waals surface area contributed by atoms with E-state index in [0.29, 0.717) is 25.5 Å². The Hall–Kier alpha value is -2.78. The van der Waals surface area contributed by atoms with Crippen LogP contribution in [-0.2, 0) is 21.4 Å². The van der Waals surface area contributed by atoms with Gasteiger partial charge in [0.2, 0.25) is 0 Å². The van der Waals surface area contributed by atoms with E-state index >= 15 is 0 Å². The van der Waals surface area contributed by atoms with Crippen molar-refractivity contribution in [1.82, 2.24) is 15.0 Å². The van der Waals surface area contributed by atoms with Crippen LogP contribution in [0.4, 0.5) is 0 Å². The van der Waals surface area contributed by atoms with Crippen LogP contribution in [0.5, 0.6) is 0 Å². The molecule has 2 amide bonds. The number of hydrogen-bond donors (Lipinski definition) is 2. The van der Waals surface area contributed by atoms with Gasteiger partial charge in [-0.2, -0.15) is 0 Å². The summed E-state index contributed by atoms with van der Waals surface area (Å²) in [5.74, 6) is -1.17. The average Bonchev–Trinajstić information content (AvgIpc) is 2.72. The number of hydrogen-bond acceptors (Lipinski definition) is 6. The van der Waals surface area contributed by atoms with Gasteiger partial charge >= 0.3 is 0 Å². The van der Waals surface area contributed by atoms with Gasteiger partial charge in [-0.1, -0.05) is 19.4 Å². The Bertz CT molecular complexity index is 943. The predicted molar refractivity (Wildman–Crippen MR) is 108 cm³/mol. The first kappa shape index (κ1) is 22.5. The molecule has 0 unspecified atom stereocenters. The van der Waals surface area contributed by atoms with Gasteiger partial charge in [-0.25, -0.2) is 13.1 Å². The van der Waals surface area contributed by atoms with Crippen LogP contribution < -0.4 is 10.0 Å². The monoisotopic (exact) mass is 419 g/mol. The molecule has 0 saturated heterocycles. The molecule has 0 saturated carbocycles. The van der Waals surface area contributed by atoms with E-state index in [2.05, 4.69) is 10.3 Å². The number of nitrogens with zero attached hydrogens (tertiary/aromatic N) is 1. The van der Waals surface area contributed by atoms with Gasteiger partial charge in [0.25, 0.3) is 21.8 Å². The van der Waals surface area contributed by atoms with Crippen LogP contribution in [0.3, 0.4) is 0 Å². The quantitative estimate of drug-likeness (QED) is 0.571. The predicted octanol–water partition coefficient (Wildman–Crippen LogP) is 2.27. The lowest BCUT2D eigenvalue weighted by atomic mass is 10.2. The third-order valence-corrected chi connectivity index (χ3v) is 5.32. The molecule has 29 heavy (non-hydrogen) atoms. The Morgan fingerprint density at radius 3 is 2.52 bits per heavy atom. The highest BCUT2D eigenvalue weighted by molar-refractivity contribution is 7.90. The molecule has 0 aliphatic carbocycles. The minimum Gasteiger partial charge on any atom is -0.375 e. The molecule has 156 valence electrons. The zero-order chi connectivity index (χ0) is 21.3. The highest BCUT2D eigenvalue weighted by Crippen LogP contribution is 2.13. The highest BCUT2D eigenvalue weighted by atomic mass is 32.2. The van der Waals surface area contributed by atoms with E-state index in [4.69, 9.17) is 4.74 Å². The lowest BCUT2D eigenvalue weighted by Crippen LogP contribution is -2.31. The molecule has 1 heterocycles. The van der Waals surface area contributed by atoms with Crippen LogP contribution >= 0.6 is 0 Å². The molecule has 0 aliphatic heterocycles. The van der Waals surface area contributed by atoms with Gasteiger partial charge in [-0.15, -0.1) is 0 Å². The number of benzene rings is 1. The second-order valence-corrected chi connectivity index (χ2v) is 7.93. The minimum absolute atomic E-state index is 0.0993. The maximum atomic E-state index is 12.6. The number of sulfonamides is 1. The van der Waals surface area contributed by atoms with Gasteiger partial charge < -0.3 is 10.1 Å². The Morgan fingerprint density at radius 1 is 1.07 bits per heavy atom. The summed E-state index contributed by atoms with van der Waals surface area (Å²) in [7, 11) is -4.15. The third kappa shape index (κ3) is 6.65. The number of carbonyl (C=O) groups is 2. The summed E-state index contributed by atoms with van der Waals surface area (Å²) in [5, 5.41) is 2.73. The van der Waals surface area contributed by atoms with Crippen molar-refractivity contribution in [2.24, 2.45) is 0 Å². The lowest BCUT2D eigenvalue weighted by molar-refractivity contribution is 0.0951. The van der Waals surface area contributed by atoms with Crippen molar-refractivity contribution in [3.05, 3.63) is 59.4 Å². The first-order valence-corrected chi connectivity index (χ1v) is 10.8. The van der Waals surface area contributed by atoms with E-state index in [-0.39, 0.29) is 21.9 Å². The van der Waals surface area contributed by atoms with Crippen LogP contribution in [-0.4, -0.2) is 38.4 Å². The minimum atomic E-state index is -4.15. The van der Waals surface area contributed by atoms with E-state index in [1.54, 1.807) is 6.07 Å². The number of rotatable bonds is 10. The molecular weight excluding hydrogens is 394 g/mol. The molecular formula is C20H25N3O5S. The molecule has 1 aromatic heterocycles. The molecule has 1 aromatic carbocycles. The maximum Gasteiger partial charge on any atom is 0.266 e. The van der Waals surface area contributed by atoms with Gasteiger partial charge in [-0.05, 0) is 43.7 Å². The van der Waals surface area contributed by atoms with Crippen molar-refractivity contribution in [3.63, 3.8) is 0 Å². The fourth-order valence-electron chi connectivity index (χ4n) is 2.38. The summed E-state index contributed by atoms with van der Waals surface area (Å²) in [6, 6.07) is 8.60. The number of ether oxygens (including phenoxy) is 1. The average molecular weight is 420 g/mol. The largest absolute Gasteiger partial charge is 0.375 e. The van der Waals surface area contributed by atoms with Crippen LogP contribution in [0, 0.1) is 0 Å². The maximum absolute atomic E-state index is 12.6. The normalized spacial score (nSPS) is 11.1. The van der Waals surface area contributed by atoms with Crippen molar-refractivity contribution in [1.29, 1.82) is 0 Å². The van der Waals surface area contributed by atoms with Gasteiger partial charge in [0.15, 0.2) is 0 Å². The smallest absolute Gasteiger partial charge is 0.266 e. The number of carbonyl (C=O) groups excluding carboxylic acids is 2. The van der Waals surface area contributed by atoms with Crippen molar-refractivity contribution in [2.45, 2.75) is 38.2 Å². The fourth-order valence-corrected chi connectivity index (χ4v) is 3.40. The van der Waals surface area contributed by atoms with E-state index in [0.717, 1.165) is 12.8 Å². The second-order valence-electron chi connectivity index (χ2n) is 6.25. The molecule has 0 fully saturated rings. The molecule has 9 heteroatoms. The summed E-state index contributed by atoms with van der Waals surface area (Å²) >= 11 is 0. The summed E-state index contributed by atoms with van der Waals surface area (Å²) in [5.41, 5.74) is 0.939. The van der Waals surface area contributed by atoms with Crippen LogP contribution in [0.1, 0.15) is 53.1 Å². The summed E-state index contributed by atoms with van der Waals surface area (Å²) in [6.07, 6.45) is 3.05. The van der Waals surface area contributed by atoms with E-state index in [1.807, 2.05) is 18.6 Å². The molecule has 0 bridgehead atoms. The van der Waals surface area contributed by atoms with Crippen molar-refractivity contribution in [3.8, 4) is 0 Å². The van der Waals surface area contributed by atoms with E-state index < -0.39 is 15.9 Å². The van der Waals surface area contributed by atoms with Gasteiger partial charge in [0.05, 0.1) is 22.8 Å². The molecule has 2 N–H and O–H groups in total. The van der Waals surface area contributed by atoms with Crippen LogP contribution in [0.2, 0.25) is 0 Å². The number of amides is 2. The van der Waals surface area contributed by atoms with Crippen LogP contribution in [0.15, 0.2) is 47.5 Å². The Labute approximate surface area is 170 Å².